The van der Waals surface area contributed by atoms with Crippen molar-refractivity contribution >= 4 is 17.9 Å². The number of rotatable bonds is 5. The minimum absolute atomic E-state index is 0.0121. The van der Waals surface area contributed by atoms with Crippen molar-refractivity contribution in [2.75, 3.05) is 0 Å². The van der Waals surface area contributed by atoms with Gasteiger partial charge in [-0.05, 0) is 20.3 Å². The van der Waals surface area contributed by atoms with Gasteiger partial charge in [-0.2, -0.15) is 0 Å². The first-order valence-electron chi connectivity index (χ1n) is 3.53. The van der Waals surface area contributed by atoms with Gasteiger partial charge in [-0.25, -0.2) is 0 Å². The summed E-state index contributed by atoms with van der Waals surface area (Å²) in [5.41, 5.74) is 0. The third-order valence-corrected chi connectivity index (χ3v) is 1.49. The van der Waals surface area contributed by atoms with Crippen LogP contribution in [0.3, 0.4) is 0 Å². The Morgan fingerprint density at radius 2 is 1.91 bits per heavy atom. The molecule has 0 heterocycles. The molecule has 11 heavy (non-hydrogen) atoms. The molecular weight excluding hydrogens is 144 g/mol. The van der Waals surface area contributed by atoms with Gasteiger partial charge in [0.2, 0.25) is 0 Å². The Morgan fingerprint density at radius 1 is 1.36 bits per heavy atom. The Hall–Kier alpha value is -0.990. The Morgan fingerprint density at radius 3 is 2.18 bits per heavy atom. The van der Waals surface area contributed by atoms with Gasteiger partial charge in [-0.15, -0.1) is 0 Å². The predicted molar refractivity (Wildman–Crippen MR) is 40.2 cm³/mol. The summed E-state index contributed by atoms with van der Waals surface area (Å²) >= 11 is 0. The second-order valence-corrected chi connectivity index (χ2v) is 2.59. The van der Waals surface area contributed by atoms with Crippen molar-refractivity contribution in [1.29, 1.82) is 0 Å². The Bertz CT molecular complexity index is 172. The van der Waals surface area contributed by atoms with Gasteiger partial charge < -0.3 is 9.59 Å². The van der Waals surface area contributed by atoms with Gasteiger partial charge in [0.25, 0.3) is 0 Å². The molecule has 0 aromatic rings. The van der Waals surface area contributed by atoms with Crippen molar-refractivity contribution < 1.29 is 14.4 Å². The maximum Gasteiger partial charge on any atom is 0.139 e. The highest BCUT2D eigenvalue weighted by Crippen LogP contribution is 2.04. The second kappa shape index (κ2) is 4.77. The van der Waals surface area contributed by atoms with E-state index >= 15 is 0 Å². The molecule has 1 atom stereocenters. The first kappa shape index (κ1) is 10.0. The summed E-state index contributed by atoms with van der Waals surface area (Å²) in [6, 6.07) is 0. The van der Waals surface area contributed by atoms with Gasteiger partial charge in [-0.1, -0.05) is 0 Å². The van der Waals surface area contributed by atoms with Crippen LogP contribution in [0.25, 0.3) is 0 Å². The lowest BCUT2D eigenvalue weighted by atomic mass is 10.00. The smallest absolute Gasteiger partial charge is 0.139 e. The van der Waals surface area contributed by atoms with Gasteiger partial charge in [0, 0.05) is 6.42 Å². The topological polar surface area (TPSA) is 51.2 Å². The standard InChI is InChI=1S/C8H12O3/c1-6(10)3-4-8(5-9)7(2)11/h5,8H,3-4H2,1-2H3. The van der Waals surface area contributed by atoms with Crippen LogP contribution >= 0.6 is 0 Å². The van der Waals surface area contributed by atoms with Crippen LogP contribution in [0.2, 0.25) is 0 Å². The number of Topliss-reactive ketones (excluding diaryl/α,β-unsaturated/α-hetero) is 2. The summed E-state index contributed by atoms with van der Waals surface area (Å²) in [5, 5.41) is 0. The van der Waals surface area contributed by atoms with Gasteiger partial charge in [0.05, 0.1) is 5.92 Å². The molecule has 0 bridgehead atoms. The van der Waals surface area contributed by atoms with E-state index in [0.717, 1.165) is 0 Å². The summed E-state index contributed by atoms with van der Waals surface area (Å²) in [4.78, 5) is 31.3. The SMILES string of the molecule is CC(=O)CCC(C=O)C(C)=O. The third kappa shape index (κ3) is 4.42. The van der Waals surface area contributed by atoms with Crippen molar-refractivity contribution in [2.45, 2.75) is 26.7 Å². The van der Waals surface area contributed by atoms with Gasteiger partial charge in [0.15, 0.2) is 0 Å². The molecule has 0 aromatic heterocycles. The van der Waals surface area contributed by atoms with Crippen LogP contribution in [0, 0.1) is 5.92 Å². The number of hydrogen-bond acceptors (Lipinski definition) is 3. The van der Waals surface area contributed by atoms with E-state index in [9.17, 15) is 14.4 Å². The minimum atomic E-state index is -0.584. The van der Waals surface area contributed by atoms with Crippen LogP contribution in [0.15, 0.2) is 0 Å². The molecule has 62 valence electrons. The monoisotopic (exact) mass is 156 g/mol. The molecule has 0 N–H and O–H groups in total. The van der Waals surface area contributed by atoms with Gasteiger partial charge >= 0.3 is 0 Å². The van der Waals surface area contributed by atoms with Crippen LogP contribution in [-0.4, -0.2) is 17.9 Å². The highest BCUT2D eigenvalue weighted by atomic mass is 16.1. The fraction of sp³-hybridized carbons (Fsp3) is 0.625. The van der Waals surface area contributed by atoms with E-state index < -0.39 is 5.92 Å². The molecule has 0 saturated heterocycles. The van der Waals surface area contributed by atoms with E-state index in [2.05, 4.69) is 0 Å². The molecule has 0 aliphatic rings. The van der Waals surface area contributed by atoms with Crippen molar-refractivity contribution in [3.05, 3.63) is 0 Å². The van der Waals surface area contributed by atoms with E-state index in [-0.39, 0.29) is 11.6 Å². The minimum Gasteiger partial charge on any atom is -0.303 e. The highest BCUT2D eigenvalue weighted by molar-refractivity contribution is 5.92. The number of ketones is 2. The first-order valence-corrected chi connectivity index (χ1v) is 3.53. The molecule has 0 aliphatic carbocycles. The Labute approximate surface area is 65.8 Å². The van der Waals surface area contributed by atoms with Crippen molar-refractivity contribution in [1.82, 2.24) is 0 Å². The molecule has 0 aliphatic heterocycles. The average Bonchev–Trinajstić information content (AvgIpc) is 1.87. The lowest BCUT2D eigenvalue weighted by Crippen LogP contribution is -2.13. The van der Waals surface area contributed by atoms with Gasteiger partial charge in [-0.3, -0.25) is 4.79 Å². The molecule has 0 fully saturated rings. The lowest BCUT2D eigenvalue weighted by Gasteiger charge is -2.02. The molecule has 0 spiro atoms. The molecule has 0 rings (SSSR count). The van der Waals surface area contributed by atoms with Gasteiger partial charge in [0.1, 0.15) is 17.9 Å². The fourth-order valence-corrected chi connectivity index (χ4v) is 0.726. The fourth-order valence-electron chi connectivity index (χ4n) is 0.726. The quantitative estimate of drug-likeness (QED) is 0.436. The van der Waals surface area contributed by atoms with Crippen LogP contribution in [0.5, 0.6) is 0 Å². The zero-order chi connectivity index (χ0) is 8.85. The largest absolute Gasteiger partial charge is 0.303 e. The third-order valence-electron chi connectivity index (χ3n) is 1.49. The van der Waals surface area contributed by atoms with Crippen molar-refractivity contribution in [3.8, 4) is 0 Å². The Kier molecular flexibility index (Phi) is 4.34. The van der Waals surface area contributed by atoms with E-state index in [1.54, 1.807) is 0 Å². The summed E-state index contributed by atoms with van der Waals surface area (Å²) in [6.07, 6.45) is 1.27. The second-order valence-electron chi connectivity index (χ2n) is 2.59. The number of hydrogen-bond donors (Lipinski definition) is 0. The molecule has 1 unspecified atom stereocenters. The zero-order valence-corrected chi connectivity index (χ0v) is 6.79. The summed E-state index contributed by atoms with van der Waals surface area (Å²) in [7, 11) is 0. The van der Waals surface area contributed by atoms with E-state index in [1.807, 2.05) is 0 Å². The number of aldehydes is 1. The molecule has 0 amide bonds. The molecule has 3 heteroatoms. The lowest BCUT2D eigenvalue weighted by molar-refractivity contribution is -0.126. The normalized spacial score (nSPS) is 12.2. The van der Waals surface area contributed by atoms with Crippen molar-refractivity contribution in [2.24, 2.45) is 5.92 Å². The molecule has 3 nitrogen and oxygen atoms in total. The highest BCUT2D eigenvalue weighted by Gasteiger charge is 2.12. The van der Waals surface area contributed by atoms with Crippen LogP contribution in [0.1, 0.15) is 26.7 Å². The summed E-state index contributed by atoms with van der Waals surface area (Å²) < 4.78 is 0. The maximum atomic E-state index is 10.6. The molecule has 0 aromatic carbocycles. The molecule has 0 saturated carbocycles. The first-order chi connectivity index (χ1) is 5.07. The molecule has 0 radical (unpaired) electrons. The Balaban J connectivity index is 3.79. The number of carbonyl (C=O) groups is 3. The van der Waals surface area contributed by atoms with Crippen LogP contribution < -0.4 is 0 Å². The predicted octanol–water partition coefficient (Wildman–Crippen LogP) is 0.760. The van der Waals surface area contributed by atoms with Crippen LogP contribution in [0.4, 0.5) is 0 Å². The number of carbonyl (C=O) groups excluding carboxylic acids is 3. The van der Waals surface area contributed by atoms with E-state index in [0.29, 0.717) is 19.1 Å². The maximum absolute atomic E-state index is 10.6. The average molecular weight is 156 g/mol. The van der Waals surface area contributed by atoms with Crippen molar-refractivity contribution in [3.63, 3.8) is 0 Å². The van der Waals surface area contributed by atoms with Crippen LogP contribution in [-0.2, 0) is 14.4 Å². The van der Waals surface area contributed by atoms with E-state index in [1.165, 1.54) is 13.8 Å². The summed E-state index contributed by atoms with van der Waals surface area (Å²) in [5.74, 6) is -0.738. The zero-order valence-electron chi connectivity index (χ0n) is 6.79. The molecular formula is C8H12O3. The summed E-state index contributed by atoms with van der Waals surface area (Å²) in [6.45, 7) is 2.81. The van der Waals surface area contributed by atoms with E-state index in [4.69, 9.17) is 0 Å².